The van der Waals surface area contributed by atoms with Gasteiger partial charge in [0.1, 0.15) is 46.4 Å². The molecule has 5 bridgehead atoms. The van der Waals surface area contributed by atoms with Crippen LogP contribution in [0.3, 0.4) is 0 Å². The second-order valence-electron chi connectivity index (χ2n) is 23.8. The summed E-state index contributed by atoms with van der Waals surface area (Å²) in [6.45, 7) is 22.1. The van der Waals surface area contributed by atoms with Gasteiger partial charge in [0.25, 0.3) is 11.7 Å². The third kappa shape index (κ3) is 15.2. The Hall–Kier alpha value is -7.70. The molecule has 5 heterocycles. The molecule has 7 N–H and O–H groups in total. The highest BCUT2D eigenvalue weighted by Gasteiger charge is 2.50. The van der Waals surface area contributed by atoms with Crippen LogP contribution in [0.4, 0.5) is 11.4 Å². The van der Waals surface area contributed by atoms with E-state index in [0.717, 1.165) is 19.6 Å². The molecule has 10 atom stereocenters. The van der Waals surface area contributed by atoms with Gasteiger partial charge in [0, 0.05) is 112 Å². The number of aliphatic hydroxyl groups excluding tert-OH is 1. The average Bonchev–Trinajstić information content (AvgIpc) is 1.33. The molecule has 0 aromatic heterocycles. The number of allylic oxidation sites excluding steroid dienone is 3. The van der Waals surface area contributed by atoms with Gasteiger partial charge in [0.05, 0.1) is 36.3 Å². The van der Waals surface area contributed by atoms with E-state index in [0.29, 0.717) is 24.7 Å². The molecule has 8 rings (SSSR count). The quantitative estimate of drug-likeness (QED) is 0.0114. The molecule has 478 valence electrons. The lowest BCUT2D eigenvalue weighted by Gasteiger charge is -2.38. The summed E-state index contributed by atoms with van der Waals surface area (Å²) in [5, 5.41) is 39.9. The zero-order valence-corrected chi connectivity index (χ0v) is 52.2. The van der Waals surface area contributed by atoms with Crippen molar-refractivity contribution in [1.82, 2.24) is 15.2 Å². The molecule has 2 amide bonds. The van der Waals surface area contributed by atoms with E-state index in [-0.39, 0.29) is 88.3 Å². The van der Waals surface area contributed by atoms with Crippen molar-refractivity contribution in [3.05, 3.63) is 69.6 Å². The highest BCUT2D eigenvalue weighted by Crippen LogP contribution is 2.51. The van der Waals surface area contributed by atoms with E-state index >= 15 is 4.79 Å². The first-order chi connectivity index (χ1) is 41.4. The first kappa shape index (κ1) is 67.8. The van der Waals surface area contributed by atoms with Gasteiger partial charge >= 0.3 is 31.3 Å². The zero-order valence-electron chi connectivity index (χ0n) is 51.3. The predicted octanol–water partition coefficient (Wildman–Crippen LogP) is 6.92. The molecule has 0 radical (unpaired) electrons. The number of aldehydes is 1. The lowest BCUT2D eigenvalue weighted by atomic mass is 9.77. The van der Waals surface area contributed by atoms with E-state index in [1.807, 2.05) is 5.32 Å². The molecule has 25 nitrogen and oxygen atoms in total. The SMILES string of the molecule is CC(=O)O[C@H]1[C@H](C)[C@H](O)[C@H](C)[C@@H](OC(=O)CCCCOC(=O)CCC(=O)NC(C=O)P(=O)(O)O)[C@@H](C)/C=C/C=C(/C)C(=O)Nc2c3oc4cc(N5CCN(CC(C)C)CC5)cc(O)c4nc-3c3c4c(c(C)c(O)c3c2=O)O[C@](C)(O/C=C/[C@H](C)[C@H]1C)C4=O. The van der Waals surface area contributed by atoms with Gasteiger partial charge in [-0.2, -0.15) is 0 Å². The summed E-state index contributed by atoms with van der Waals surface area (Å²) >= 11 is 0. The van der Waals surface area contributed by atoms with Crippen LogP contribution in [0.5, 0.6) is 17.2 Å². The summed E-state index contributed by atoms with van der Waals surface area (Å²) in [5.74, 6) is -13.0. The second-order valence-corrected chi connectivity index (χ2v) is 25.5. The summed E-state index contributed by atoms with van der Waals surface area (Å²) in [5.41, 5.74) is -1.09. The van der Waals surface area contributed by atoms with Gasteiger partial charge in [-0.1, -0.05) is 66.7 Å². The number of aromatic nitrogens is 1. The summed E-state index contributed by atoms with van der Waals surface area (Å²) in [4.78, 5) is 134. The van der Waals surface area contributed by atoms with E-state index in [1.54, 1.807) is 58.9 Å². The minimum absolute atomic E-state index is 0.00263. The predicted molar refractivity (Wildman–Crippen MR) is 322 cm³/mol. The van der Waals surface area contributed by atoms with Crippen molar-refractivity contribution in [3.63, 3.8) is 0 Å². The number of ether oxygens (including phenoxy) is 5. The molecule has 0 spiro atoms. The Morgan fingerprint density at radius 3 is 2.23 bits per heavy atom. The first-order valence-electron chi connectivity index (χ1n) is 29.4. The Morgan fingerprint density at radius 2 is 1.58 bits per heavy atom. The van der Waals surface area contributed by atoms with Crippen molar-refractivity contribution >= 4 is 82.6 Å². The van der Waals surface area contributed by atoms with E-state index in [1.165, 1.54) is 46.1 Å². The largest absolute Gasteiger partial charge is 0.507 e. The Balaban J connectivity index is 1.24. The maximum absolute atomic E-state index is 15.1. The topological polar surface area (TPSA) is 358 Å². The minimum Gasteiger partial charge on any atom is -0.507 e. The van der Waals surface area contributed by atoms with Gasteiger partial charge in [-0.15, -0.1) is 0 Å². The number of piperazine rings is 1. The molecule has 1 aliphatic carbocycles. The number of Topliss-reactive ketones (excluding diaryl/α,β-unsaturated/α-hetero) is 1. The van der Waals surface area contributed by atoms with Crippen LogP contribution in [0.15, 0.2) is 57.5 Å². The zero-order chi connectivity index (χ0) is 64.9. The number of carbonyl (C=O) groups excluding carboxylic acids is 7. The molecule has 2 aromatic carbocycles. The smallest absolute Gasteiger partial charge is 0.355 e. The number of amides is 2. The van der Waals surface area contributed by atoms with Gasteiger partial charge in [0.15, 0.2) is 23.4 Å². The van der Waals surface area contributed by atoms with Gasteiger partial charge in [-0.05, 0) is 50.5 Å². The molecule has 5 aliphatic heterocycles. The molecule has 2 aromatic rings. The number of rotatable bonds is 16. The number of fused-ring (bicyclic) bond motifs is 14. The van der Waals surface area contributed by atoms with Gasteiger partial charge in [-0.3, -0.25) is 43.0 Å². The van der Waals surface area contributed by atoms with Crippen molar-refractivity contribution in [2.24, 2.45) is 35.5 Å². The highest BCUT2D eigenvalue weighted by molar-refractivity contribution is 7.53. The summed E-state index contributed by atoms with van der Waals surface area (Å²) in [6.07, 6.45) is 3.24. The molecule has 1 unspecified atom stereocenters. The van der Waals surface area contributed by atoms with Crippen molar-refractivity contribution in [2.45, 2.75) is 138 Å². The fourth-order valence-electron chi connectivity index (χ4n) is 11.3. The van der Waals surface area contributed by atoms with Crippen LogP contribution < -0.4 is 25.7 Å². The Labute approximate surface area is 508 Å². The third-order valence-electron chi connectivity index (χ3n) is 16.5. The number of phenolic OH excluding ortho intramolecular Hbond substituents is 2. The average molecular weight is 1250 g/mol. The number of phenols is 2. The number of hydrogen-bond acceptors (Lipinski definition) is 21. The summed E-state index contributed by atoms with van der Waals surface area (Å²) < 4.78 is 47.5. The number of carbonyl (C=O) groups is 7. The van der Waals surface area contributed by atoms with E-state index < -0.39 is 138 Å². The minimum atomic E-state index is -4.95. The monoisotopic (exact) mass is 1250 g/mol. The van der Waals surface area contributed by atoms with Crippen molar-refractivity contribution in [1.29, 1.82) is 0 Å². The maximum atomic E-state index is 15.1. The van der Waals surface area contributed by atoms with E-state index in [2.05, 4.69) is 29.0 Å². The number of nitrogens with zero attached hydrogens (tertiary/aromatic N) is 3. The molecular weight excluding hydrogens is 1170 g/mol. The standard InChI is InChI=1S/C62H80N5O20P/c1-31(2)29-66-21-23-67(24-22-66)40-27-41(70)50-42(28-40)85-59-51(64-50)47-48-54(75)38(9)58-49(47)60(77)62(11,87-58)83-26-20-32(3)35(6)57(84-39(10)69)37(8)53(74)36(7)56(33(4)15-14-16-34(5)61(78)65-52(59)55(48)76)86-46(73)17-12-13-25-82-45(72)19-18-43(71)63-44(30-68)88(79,80)81/h14-16,20,26-28,30-33,35-37,44,53,56-57,70,74-75H,12-13,17-19,21-25,29H2,1-11H3,(H,63,71)(H,65,78)(H2,79,80,81)/b15-14+,26-20+,34-16-/t32-,33-,35+,36-,37+,44?,53+,56-,57+,62-/m0/s1. The summed E-state index contributed by atoms with van der Waals surface area (Å²) in [6, 6.07) is 3.23. The molecule has 88 heavy (non-hydrogen) atoms. The molecule has 1 fully saturated rings. The van der Waals surface area contributed by atoms with Gasteiger partial charge in [-0.25, -0.2) is 4.98 Å². The van der Waals surface area contributed by atoms with Crippen LogP contribution in [-0.4, -0.2) is 146 Å². The number of anilines is 2. The van der Waals surface area contributed by atoms with Gasteiger partial charge < -0.3 is 73.5 Å². The normalized spacial score (nSPS) is 25.8. The second kappa shape index (κ2) is 28.2. The maximum Gasteiger partial charge on any atom is 0.355 e. The van der Waals surface area contributed by atoms with Crippen molar-refractivity contribution in [3.8, 4) is 28.7 Å². The number of nitrogens with one attached hydrogen (secondary N) is 2. The first-order valence-corrected chi connectivity index (χ1v) is 31.1. The molecule has 1 saturated heterocycles. The Kier molecular flexibility index (Phi) is 21.7. The fourth-order valence-corrected chi connectivity index (χ4v) is 11.8. The van der Waals surface area contributed by atoms with Crippen LogP contribution >= 0.6 is 7.60 Å². The number of hydrogen-bond donors (Lipinski definition) is 7. The van der Waals surface area contributed by atoms with Crippen molar-refractivity contribution in [2.75, 3.05) is 49.5 Å². The number of aromatic hydroxyl groups is 2. The van der Waals surface area contributed by atoms with Crippen LogP contribution in [-0.2, 0) is 52.3 Å². The lowest BCUT2D eigenvalue weighted by molar-refractivity contribution is -0.164. The number of esters is 3. The van der Waals surface area contributed by atoms with Crippen LogP contribution in [0.2, 0.25) is 0 Å². The number of aliphatic hydroxyl groups is 1. The van der Waals surface area contributed by atoms with Gasteiger partial charge in [0.2, 0.25) is 11.3 Å². The Bertz CT molecular complexity index is 3510. The molecule has 6 aliphatic rings. The van der Waals surface area contributed by atoms with E-state index in [4.69, 9.17) is 33.1 Å². The van der Waals surface area contributed by atoms with Crippen LogP contribution in [0.1, 0.15) is 117 Å². The number of benzene rings is 3. The summed E-state index contributed by atoms with van der Waals surface area (Å²) in [7, 11) is -4.95. The third-order valence-corrected chi connectivity index (χ3v) is 17.5. The van der Waals surface area contributed by atoms with E-state index in [9.17, 15) is 63.2 Å². The molecular formula is C62H80N5O20P. The number of unbranched alkanes of at least 4 members (excludes halogenated alkanes) is 1. The highest BCUT2D eigenvalue weighted by atomic mass is 31.2. The van der Waals surface area contributed by atoms with Crippen molar-refractivity contribution < 1.29 is 91.3 Å². The molecule has 0 saturated carbocycles. The molecule has 26 heteroatoms. The lowest BCUT2D eigenvalue weighted by Crippen LogP contribution is -2.47. The van der Waals surface area contributed by atoms with Crippen LogP contribution in [0.25, 0.3) is 33.3 Å². The van der Waals surface area contributed by atoms with Crippen LogP contribution in [0, 0.1) is 42.4 Å². The number of ketones is 1. The Morgan fingerprint density at radius 1 is 0.898 bits per heavy atom. The fraction of sp³-hybridized carbons (Fsp3) is 0.532.